The average Bonchev–Trinajstić information content (AvgIpc) is 3.34. The molecular formula is C24H34N2O2. The van der Waals surface area contributed by atoms with Gasteiger partial charge in [0.25, 0.3) is 0 Å². The number of fused-ring (bicyclic) bond motifs is 2. The first-order valence-corrected chi connectivity index (χ1v) is 10.9. The van der Waals surface area contributed by atoms with Crippen molar-refractivity contribution in [2.24, 2.45) is 5.92 Å². The summed E-state index contributed by atoms with van der Waals surface area (Å²) in [5.41, 5.74) is 3.93. The van der Waals surface area contributed by atoms with Crippen molar-refractivity contribution in [1.82, 2.24) is 4.90 Å². The summed E-state index contributed by atoms with van der Waals surface area (Å²) in [4.78, 5) is 18.0. The second-order valence-corrected chi connectivity index (χ2v) is 9.15. The van der Waals surface area contributed by atoms with Crippen molar-refractivity contribution in [3.05, 3.63) is 35.4 Å². The minimum atomic E-state index is 0.0829. The number of ether oxygens (including phenoxy) is 1. The van der Waals surface area contributed by atoms with Gasteiger partial charge in [-0.2, -0.15) is 0 Å². The predicted octanol–water partition coefficient (Wildman–Crippen LogP) is 4.53. The van der Waals surface area contributed by atoms with Crippen molar-refractivity contribution in [1.29, 1.82) is 0 Å². The number of piperidine rings is 1. The average molecular weight is 383 g/mol. The Hall–Kier alpha value is -1.81. The summed E-state index contributed by atoms with van der Waals surface area (Å²) in [7, 11) is 1.73. The monoisotopic (exact) mass is 382 g/mol. The summed E-state index contributed by atoms with van der Waals surface area (Å²) >= 11 is 0. The summed E-state index contributed by atoms with van der Waals surface area (Å²) < 4.78 is 5.53. The van der Waals surface area contributed by atoms with Gasteiger partial charge < -0.3 is 9.64 Å². The molecule has 4 heteroatoms. The number of hydrogen-bond donors (Lipinski definition) is 0. The molecular weight excluding hydrogens is 348 g/mol. The van der Waals surface area contributed by atoms with Gasteiger partial charge in [0.05, 0.1) is 7.11 Å². The van der Waals surface area contributed by atoms with Crippen LogP contribution >= 0.6 is 0 Å². The lowest BCUT2D eigenvalue weighted by atomic mass is 9.74. The molecule has 0 bridgehead atoms. The second-order valence-electron chi connectivity index (χ2n) is 9.15. The largest absolute Gasteiger partial charge is 0.497 e. The van der Waals surface area contributed by atoms with E-state index in [2.05, 4.69) is 41.9 Å². The van der Waals surface area contributed by atoms with E-state index in [9.17, 15) is 4.79 Å². The summed E-state index contributed by atoms with van der Waals surface area (Å²) in [6.45, 7) is 8.39. The van der Waals surface area contributed by atoms with Crippen LogP contribution in [-0.4, -0.2) is 44.1 Å². The molecule has 0 unspecified atom stereocenters. The van der Waals surface area contributed by atoms with Gasteiger partial charge in [-0.15, -0.1) is 0 Å². The van der Waals surface area contributed by atoms with Crippen molar-refractivity contribution in [2.75, 3.05) is 38.2 Å². The highest BCUT2D eigenvalue weighted by Crippen LogP contribution is 2.49. The lowest BCUT2D eigenvalue weighted by Gasteiger charge is -2.39. The number of rotatable bonds is 4. The maximum absolute atomic E-state index is 13.3. The molecule has 3 aliphatic rings. The van der Waals surface area contributed by atoms with E-state index in [1.54, 1.807) is 7.11 Å². The van der Waals surface area contributed by atoms with Gasteiger partial charge in [0.1, 0.15) is 5.75 Å². The highest BCUT2D eigenvalue weighted by Gasteiger charge is 2.47. The Balaban J connectivity index is 1.59. The Morgan fingerprint density at radius 3 is 2.57 bits per heavy atom. The molecule has 1 aromatic carbocycles. The molecule has 152 valence electrons. The van der Waals surface area contributed by atoms with Gasteiger partial charge in [-0.3, -0.25) is 9.69 Å². The number of amides is 1. The van der Waals surface area contributed by atoms with Gasteiger partial charge in [0.2, 0.25) is 5.91 Å². The molecule has 4 nitrogen and oxygen atoms in total. The first-order chi connectivity index (χ1) is 13.5. The summed E-state index contributed by atoms with van der Waals surface area (Å²) in [5.74, 6) is 1.48. The third kappa shape index (κ3) is 3.59. The third-order valence-corrected chi connectivity index (χ3v) is 7.07. The van der Waals surface area contributed by atoms with Crippen LogP contribution in [0.5, 0.6) is 5.75 Å². The number of carbonyl (C=O) groups excluding carboxylic acids is 1. The Kier molecular flexibility index (Phi) is 5.50. The van der Waals surface area contributed by atoms with Gasteiger partial charge in [0.15, 0.2) is 0 Å². The fourth-order valence-electron chi connectivity index (χ4n) is 5.27. The number of allylic oxidation sites excluding steroid dienone is 1. The van der Waals surface area contributed by atoms with Crippen LogP contribution in [-0.2, 0) is 10.2 Å². The number of nitrogens with zero attached hydrogens (tertiary/aromatic N) is 2. The van der Waals surface area contributed by atoms with Gasteiger partial charge >= 0.3 is 0 Å². The number of anilines is 1. The van der Waals surface area contributed by atoms with E-state index in [0.29, 0.717) is 5.91 Å². The second kappa shape index (κ2) is 7.90. The Labute approximate surface area is 169 Å². The zero-order valence-corrected chi connectivity index (χ0v) is 17.7. The Bertz CT molecular complexity index is 752. The van der Waals surface area contributed by atoms with Crippen molar-refractivity contribution >= 4 is 11.6 Å². The standard InChI is InChI=1S/C24H34N2O2/c1-18(2)10-13-25-14-11-24(12-15-25)17-26(23(27)19-6-4-5-7-19)22-9-8-20(28-3)16-21(22)24/h8-10,16,19H,4-7,11-15,17H2,1-3H3. The molecule has 1 saturated carbocycles. The van der Waals surface area contributed by atoms with Gasteiger partial charge in [-0.1, -0.05) is 24.5 Å². The molecule has 1 spiro atoms. The van der Waals surface area contributed by atoms with E-state index >= 15 is 0 Å². The van der Waals surface area contributed by atoms with Gasteiger partial charge in [-0.25, -0.2) is 0 Å². The quantitative estimate of drug-likeness (QED) is 0.717. The topological polar surface area (TPSA) is 32.8 Å². The SMILES string of the molecule is COc1ccc2c(c1)C1(CCN(CC=C(C)C)CC1)CN2C(=O)C1CCCC1. The number of carbonyl (C=O) groups is 1. The molecule has 2 aliphatic heterocycles. The normalized spacial score (nSPS) is 21.8. The minimum Gasteiger partial charge on any atom is -0.497 e. The zero-order valence-electron chi connectivity index (χ0n) is 17.7. The van der Waals surface area contributed by atoms with E-state index in [1.807, 2.05) is 6.07 Å². The Morgan fingerprint density at radius 1 is 1.21 bits per heavy atom. The maximum atomic E-state index is 13.3. The van der Waals surface area contributed by atoms with E-state index in [1.165, 1.54) is 24.0 Å². The number of likely N-dealkylation sites (tertiary alicyclic amines) is 1. The van der Waals surface area contributed by atoms with Crippen LogP contribution in [0.4, 0.5) is 5.69 Å². The van der Waals surface area contributed by atoms with Crippen LogP contribution in [0.2, 0.25) is 0 Å². The Morgan fingerprint density at radius 2 is 1.93 bits per heavy atom. The summed E-state index contributed by atoms with van der Waals surface area (Å²) in [6, 6.07) is 6.32. The first kappa shape index (κ1) is 19.5. The fraction of sp³-hybridized carbons (Fsp3) is 0.625. The van der Waals surface area contributed by atoms with Crippen LogP contribution in [0.15, 0.2) is 29.8 Å². The number of hydrogen-bond acceptors (Lipinski definition) is 3. The maximum Gasteiger partial charge on any atom is 0.230 e. The number of methoxy groups -OCH3 is 1. The van der Waals surface area contributed by atoms with Crippen LogP contribution < -0.4 is 9.64 Å². The predicted molar refractivity (Wildman–Crippen MR) is 114 cm³/mol. The first-order valence-electron chi connectivity index (χ1n) is 10.9. The van der Waals surface area contributed by atoms with Crippen LogP contribution in [0.3, 0.4) is 0 Å². The zero-order chi connectivity index (χ0) is 19.7. The molecule has 4 rings (SSSR count). The van der Waals surface area contributed by atoms with E-state index in [4.69, 9.17) is 4.74 Å². The van der Waals surface area contributed by atoms with E-state index in [-0.39, 0.29) is 11.3 Å². The lowest BCUT2D eigenvalue weighted by molar-refractivity contribution is -0.122. The molecule has 28 heavy (non-hydrogen) atoms. The molecule has 2 fully saturated rings. The molecule has 1 aliphatic carbocycles. The molecule has 1 amide bonds. The van der Waals surface area contributed by atoms with Crippen molar-refractivity contribution in [3.63, 3.8) is 0 Å². The summed E-state index contributed by atoms with van der Waals surface area (Å²) in [5, 5.41) is 0. The van der Waals surface area contributed by atoms with Gasteiger partial charge in [0, 0.05) is 30.1 Å². The van der Waals surface area contributed by atoms with Crippen molar-refractivity contribution in [3.8, 4) is 5.75 Å². The minimum absolute atomic E-state index is 0.0829. The molecule has 0 N–H and O–H groups in total. The third-order valence-electron chi connectivity index (χ3n) is 7.07. The van der Waals surface area contributed by atoms with Crippen LogP contribution in [0.1, 0.15) is 57.9 Å². The van der Waals surface area contributed by atoms with Crippen LogP contribution in [0, 0.1) is 5.92 Å². The summed E-state index contributed by atoms with van der Waals surface area (Å²) in [6.07, 6.45) is 9.05. The fourth-order valence-corrected chi connectivity index (χ4v) is 5.27. The number of benzene rings is 1. The highest BCUT2D eigenvalue weighted by molar-refractivity contribution is 5.98. The molecule has 0 atom stereocenters. The molecule has 2 heterocycles. The molecule has 1 saturated heterocycles. The van der Waals surface area contributed by atoms with Crippen molar-refractivity contribution < 1.29 is 9.53 Å². The smallest absolute Gasteiger partial charge is 0.230 e. The van der Waals surface area contributed by atoms with Crippen LogP contribution in [0.25, 0.3) is 0 Å². The van der Waals surface area contributed by atoms with E-state index in [0.717, 1.165) is 63.3 Å². The molecule has 0 aromatic heterocycles. The van der Waals surface area contributed by atoms with Gasteiger partial charge in [-0.05, 0) is 76.4 Å². The lowest BCUT2D eigenvalue weighted by Crippen LogP contribution is -2.46. The highest BCUT2D eigenvalue weighted by atomic mass is 16.5. The molecule has 0 radical (unpaired) electrons. The van der Waals surface area contributed by atoms with Crippen molar-refractivity contribution in [2.45, 2.75) is 57.8 Å². The van der Waals surface area contributed by atoms with E-state index < -0.39 is 0 Å². The molecule has 1 aromatic rings.